The highest BCUT2D eigenvalue weighted by atomic mass is 32.2. The summed E-state index contributed by atoms with van der Waals surface area (Å²) in [5.74, 6) is 0.783. The smallest absolute Gasteiger partial charge is 0.263 e. The van der Waals surface area contributed by atoms with E-state index >= 15 is 0 Å². The van der Waals surface area contributed by atoms with E-state index in [9.17, 15) is 4.79 Å². The molecular weight excluding hydrogens is 344 g/mol. The van der Waals surface area contributed by atoms with Crippen molar-refractivity contribution in [3.63, 3.8) is 0 Å². The van der Waals surface area contributed by atoms with Gasteiger partial charge in [0.1, 0.15) is 4.83 Å². The van der Waals surface area contributed by atoms with Crippen molar-refractivity contribution in [3.05, 3.63) is 20.8 Å². The first-order chi connectivity index (χ1) is 11.7. The normalized spacial score (nSPS) is 17.9. The lowest BCUT2D eigenvalue weighted by Gasteiger charge is -2.16. The predicted octanol–water partition coefficient (Wildman–Crippen LogP) is 3.25. The number of rotatable bonds is 7. The minimum atomic E-state index is 0.0802. The molecule has 5 nitrogen and oxygen atoms in total. The molecule has 7 heteroatoms. The van der Waals surface area contributed by atoms with Crippen molar-refractivity contribution >= 4 is 33.3 Å². The molecule has 0 saturated carbocycles. The highest BCUT2D eigenvalue weighted by Gasteiger charge is 2.22. The van der Waals surface area contributed by atoms with E-state index in [2.05, 4.69) is 13.8 Å². The molecule has 1 saturated heterocycles. The van der Waals surface area contributed by atoms with Crippen LogP contribution in [0.1, 0.15) is 30.2 Å². The first-order valence-corrected chi connectivity index (χ1v) is 10.2. The fourth-order valence-corrected chi connectivity index (χ4v) is 5.20. The molecule has 1 aliphatic heterocycles. The average molecular weight is 369 g/mol. The summed E-state index contributed by atoms with van der Waals surface area (Å²) < 4.78 is 12.7. The second kappa shape index (κ2) is 7.99. The number of nitrogens with zero attached hydrogens (tertiary/aromatic N) is 2. The second-order valence-electron chi connectivity index (χ2n) is 5.96. The third-order valence-electron chi connectivity index (χ3n) is 4.36. The standard InChI is InChI=1S/C17H24N2O3S2/c1-4-13-11(2)24-15-14(13)16(20)19(10-12-6-5-7-22-12)17(18-15)23-9-8-21-3/h12H,4-10H2,1-3H3. The highest BCUT2D eigenvalue weighted by Crippen LogP contribution is 2.30. The number of aryl methyl sites for hydroxylation is 2. The molecule has 2 aromatic rings. The van der Waals surface area contributed by atoms with Gasteiger partial charge in [0, 0.05) is 24.3 Å². The van der Waals surface area contributed by atoms with Crippen molar-refractivity contribution in [2.75, 3.05) is 26.1 Å². The van der Waals surface area contributed by atoms with Gasteiger partial charge in [-0.3, -0.25) is 9.36 Å². The highest BCUT2D eigenvalue weighted by molar-refractivity contribution is 7.99. The topological polar surface area (TPSA) is 53.4 Å². The number of fused-ring (bicyclic) bond motifs is 1. The lowest BCUT2D eigenvalue weighted by atomic mass is 10.1. The van der Waals surface area contributed by atoms with E-state index in [1.807, 2.05) is 4.57 Å². The quantitative estimate of drug-likeness (QED) is 0.427. The molecular formula is C17H24N2O3S2. The fourth-order valence-electron chi connectivity index (χ4n) is 3.14. The van der Waals surface area contributed by atoms with E-state index in [0.717, 1.165) is 52.6 Å². The molecule has 0 bridgehead atoms. The van der Waals surface area contributed by atoms with E-state index in [4.69, 9.17) is 14.5 Å². The summed E-state index contributed by atoms with van der Waals surface area (Å²) >= 11 is 3.21. The first kappa shape index (κ1) is 17.9. The molecule has 1 unspecified atom stereocenters. The van der Waals surface area contributed by atoms with E-state index < -0.39 is 0 Å². The van der Waals surface area contributed by atoms with Crippen LogP contribution in [0.5, 0.6) is 0 Å². The lowest BCUT2D eigenvalue weighted by molar-refractivity contribution is 0.0937. The molecule has 0 radical (unpaired) electrons. The van der Waals surface area contributed by atoms with Gasteiger partial charge in [0.2, 0.25) is 0 Å². The number of thioether (sulfide) groups is 1. The van der Waals surface area contributed by atoms with Crippen LogP contribution in [-0.4, -0.2) is 41.7 Å². The summed E-state index contributed by atoms with van der Waals surface area (Å²) in [6.45, 7) is 6.20. The van der Waals surface area contributed by atoms with Gasteiger partial charge in [0.15, 0.2) is 5.16 Å². The zero-order chi connectivity index (χ0) is 17.1. The molecule has 1 atom stereocenters. The predicted molar refractivity (Wildman–Crippen MR) is 99.6 cm³/mol. The van der Waals surface area contributed by atoms with E-state index in [1.165, 1.54) is 4.88 Å². The molecule has 3 rings (SSSR count). The van der Waals surface area contributed by atoms with Gasteiger partial charge in [-0.05, 0) is 31.7 Å². The number of hydrogen-bond acceptors (Lipinski definition) is 6. The minimum absolute atomic E-state index is 0.0802. The van der Waals surface area contributed by atoms with Gasteiger partial charge in [-0.15, -0.1) is 11.3 Å². The maximum absolute atomic E-state index is 13.2. The first-order valence-electron chi connectivity index (χ1n) is 8.41. The minimum Gasteiger partial charge on any atom is -0.384 e. The Labute approximate surface area is 150 Å². The Kier molecular flexibility index (Phi) is 5.97. The number of aromatic nitrogens is 2. The maximum Gasteiger partial charge on any atom is 0.263 e. The van der Waals surface area contributed by atoms with Crippen LogP contribution in [0.4, 0.5) is 0 Å². The monoisotopic (exact) mass is 368 g/mol. The third kappa shape index (κ3) is 3.54. The zero-order valence-electron chi connectivity index (χ0n) is 14.5. The van der Waals surface area contributed by atoms with Crippen molar-refractivity contribution in [3.8, 4) is 0 Å². The number of methoxy groups -OCH3 is 1. The van der Waals surface area contributed by atoms with E-state index in [1.54, 1.807) is 30.2 Å². The molecule has 3 heterocycles. The zero-order valence-corrected chi connectivity index (χ0v) is 16.1. The Bertz CT molecular complexity index is 763. The summed E-state index contributed by atoms with van der Waals surface area (Å²) in [5.41, 5.74) is 1.22. The van der Waals surface area contributed by atoms with Gasteiger partial charge in [-0.2, -0.15) is 0 Å². The summed E-state index contributed by atoms with van der Waals surface area (Å²) in [6.07, 6.45) is 3.06. The van der Waals surface area contributed by atoms with Crippen molar-refractivity contribution in [1.29, 1.82) is 0 Å². The lowest BCUT2D eigenvalue weighted by Crippen LogP contribution is -2.29. The summed E-state index contributed by atoms with van der Waals surface area (Å²) in [7, 11) is 1.69. The van der Waals surface area contributed by atoms with Gasteiger partial charge < -0.3 is 9.47 Å². The van der Waals surface area contributed by atoms with Crippen molar-refractivity contribution in [1.82, 2.24) is 9.55 Å². The molecule has 132 valence electrons. The molecule has 1 fully saturated rings. The Hall–Kier alpha value is -0.890. The molecule has 2 aromatic heterocycles. The number of thiophene rings is 1. The number of hydrogen-bond donors (Lipinski definition) is 0. The Morgan fingerprint density at radius 3 is 3.00 bits per heavy atom. The third-order valence-corrected chi connectivity index (χ3v) is 6.34. The van der Waals surface area contributed by atoms with E-state index in [0.29, 0.717) is 13.2 Å². The summed E-state index contributed by atoms with van der Waals surface area (Å²) in [4.78, 5) is 20.1. The van der Waals surface area contributed by atoms with Crippen molar-refractivity contribution < 1.29 is 9.47 Å². The molecule has 0 amide bonds. The molecule has 0 aromatic carbocycles. The van der Waals surface area contributed by atoms with Crippen LogP contribution in [0.2, 0.25) is 0 Å². The molecule has 0 aliphatic carbocycles. The Morgan fingerprint density at radius 2 is 2.33 bits per heavy atom. The van der Waals surface area contributed by atoms with Crippen LogP contribution in [0, 0.1) is 6.92 Å². The molecule has 1 aliphatic rings. The van der Waals surface area contributed by atoms with Crippen LogP contribution in [0.3, 0.4) is 0 Å². The maximum atomic E-state index is 13.2. The SMILES string of the molecule is CCc1c(C)sc2nc(SCCOC)n(CC3CCCO3)c(=O)c12. The molecule has 24 heavy (non-hydrogen) atoms. The van der Waals surface area contributed by atoms with Crippen LogP contribution >= 0.6 is 23.1 Å². The van der Waals surface area contributed by atoms with Gasteiger partial charge >= 0.3 is 0 Å². The van der Waals surface area contributed by atoms with Crippen molar-refractivity contribution in [2.45, 2.75) is 50.9 Å². The summed E-state index contributed by atoms with van der Waals surface area (Å²) in [5, 5.41) is 1.58. The van der Waals surface area contributed by atoms with Gasteiger partial charge in [0.25, 0.3) is 5.56 Å². The Balaban J connectivity index is 2.06. The number of ether oxygens (including phenoxy) is 2. The van der Waals surface area contributed by atoms with Crippen molar-refractivity contribution in [2.24, 2.45) is 0 Å². The van der Waals surface area contributed by atoms with Crippen LogP contribution in [0.15, 0.2) is 9.95 Å². The van der Waals surface area contributed by atoms with Gasteiger partial charge in [-0.25, -0.2) is 4.98 Å². The fraction of sp³-hybridized carbons (Fsp3) is 0.647. The summed E-state index contributed by atoms with van der Waals surface area (Å²) in [6, 6.07) is 0. The van der Waals surface area contributed by atoms with Crippen LogP contribution in [0.25, 0.3) is 10.2 Å². The van der Waals surface area contributed by atoms with Gasteiger partial charge in [-0.1, -0.05) is 18.7 Å². The average Bonchev–Trinajstić information content (AvgIpc) is 3.18. The van der Waals surface area contributed by atoms with Gasteiger partial charge in [0.05, 0.1) is 24.6 Å². The largest absolute Gasteiger partial charge is 0.384 e. The van der Waals surface area contributed by atoms with Crippen LogP contribution in [-0.2, 0) is 22.4 Å². The molecule has 0 spiro atoms. The second-order valence-corrected chi connectivity index (χ2v) is 8.22. The van der Waals surface area contributed by atoms with E-state index in [-0.39, 0.29) is 11.7 Å². The van der Waals surface area contributed by atoms with Crippen LogP contribution < -0.4 is 5.56 Å². The molecule has 0 N–H and O–H groups in total. The Morgan fingerprint density at radius 1 is 1.50 bits per heavy atom.